The van der Waals surface area contributed by atoms with Crippen molar-refractivity contribution in [1.29, 1.82) is 0 Å². The second-order valence-corrected chi connectivity index (χ2v) is 6.77. The lowest BCUT2D eigenvalue weighted by molar-refractivity contribution is 0.188. The van der Waals surface area contributed by atoms with Gasteiger partial charge in [0.1, 0.15) is 5.82 Å². The Labute approximate surface area is 145 Å². The quantitative estimate of drug-likeness (QED) is 0.792. The first-order valence-electron chi connectivity index (χ1n) is 8.87. The van der Waals surface area contributed by atoms with Crippen molar-refractivity contribution in [3.63, 3.8) is 0 Å². The predicted molar refractivity (Wildman–Crippen MR) is 97.4 cm³/mol. The van der Waals surface area contributed by atoms with E-state index in [9.17, 15) is 9.18 Å². The molecule has 0 amide bonds. The van der Waals surface area contributed by atoms with Gasteiger partial charge in [-0.25, -0.2) is 9.18 Å². The number of nitrogens with one attached hydrogen (secondary N) is 1. The van der Waals surface area contributed by atoms with E-state index in [2.05, 4.69) is 9.88 Å². The monoisotopic (exact) mass is 339 g/mol. The van der Waals surface area contributed by atoms with Crippen LogP contribution in [0.1, 0.15) is 24.4 Å². The van der Waals surface area contributed by atoms with Gasteiger partial charge in [-0.15, -0.1) is 0 Å². The molecule has 0 atom stereocenters. The molecule has 1 aliphatic rings. The van der Waals surface area contributed by atoms with Crippen LogP contribution in [-0.2, 0) is 6.42 Å². The molecule has 1 saturated heterocycles. The maximum atomic E-state index is 13.3. The fourth-order valence-electron chi connectivity index (χ4n) is 3.82. The second kappa shape index (κ2) is 6.84. The third kappa shape index (κ3) is 3.37. The number of likely N-dealkylation sites (tertiary alicyclic amines) is 1. The fourth-order valence-corrected chi connectivity index (χ4v) is 3.82. The van der Waals surface area contributed by atoms with E-state index in [1.165, 1.54) is 6.07 Å². The number of hydrogen-bond donors (Lipinski definition) is 1. The van der Waals surface area contributed by atoms with Gasteiger partial charge in [0.2, 0.25) is 0 Å². The third-order valence-corrected chi connectivity index (χ3v) is 5.15. The van der Waals surface area contributed by atoms with Crippen LogP contribution in [0.4, 0.5) is 4.39 Å². The summed E-state index contributed by atoms with van der Waals surface area (Å²) in [6.45, 7) is 2.86. The summed E-state index contributed by atoms with van der Waals surface area (Å²) in [6.07, 6.45) is 2.78. The van der Waals surface area contributed by atoms with Crippen LogP contribution in [0.5, 0.6) is 0 Å². The number of para-hydroxylation sites is 2. The molecule has 25 heavy (non-hydrogen) atoms. The van der Waals surface area contributed by atoms with Gasteiger partial charge in [-0.1, -0.05) is 24.3 Å². The number of piperidine rings is 1. The van der Waals surface area contributed by atoms with E-state index in [-0.39, 0.29) is 17.5 Å². The zero-order chi connectivity index (χ0) is 17.2. The summed E-state index contributed by atoms with van der Waals surface area (Å²) in [5.41, 5.74) is 2.92. The highest BCUT2D eigenvalue weighted by Crippen LogP contribution is 2.24. The maximum absolute atomic E-state index is 13.3. The smallest absolute Gasteiger partial charge is 0.306 e. The lowest BCUT2D eigenvalue weighted by atomic mass is 10.0. The van der Waals surface area contributed by atoms with E-state index < -0.39 is 0 Å². The molecule has 2 heterocycles. The molecule has 0 bridgehead atoms. The van der Waals surface area contributed by atoms with Crippen molar-refractivity contribution >= 4 is 11.0 Å². The molecule has 0 saturated carbocycles. The molecule has 1 fully saturated rings. The largest absolute Gasteiger partial charge is 0.326 e. The Bertz CT molecular complexity index is 922. The van der Waals surface area contributed by atoms with Crippen LogP contribution in [0.25, 0.3) is 11.0 Å². The Morgan fingerprint density at radius 1 is 1.08 bits per heavy atom. The molecule has 2 aromatic carbocycles. The molecule has 1 aliphatic heterocycles. The average Bonchev–Trinajstić information content (AvgIpc) is 2.96. The summed E-state index contributed by atoms with van der Waals surface area (Å²) in [4.78, 5) is 17.7. The highest BCUT2D eigenvalue weighted by atomic mass is 19.1. The molecule has 1 aromatic heterocycles. The van der Waals surface area contributed by atoms with Gasteiger partial charge in [0.15, 0.2) is 0 Å². The van der Waals surface area contributed by atoms with E-state index in [1.807, 2.05) is 34.9 Å². The molecule has 3 aromatic rings. The van der Waals surface area contributed by atoms with Crippen molar-refractivity contribution in [2.75, 3.05) is 19.6 Å². The Morgan fingerprint density at radius 2 is 1.88 bits per heavy atom. The number of benzene rings is 2. The second-order valence-electron chi connectivity index (χ2n) is 6.77. The van der Waals surface area contributed by atoms with Crippen molar-refractivity contribution < 1.29 is 4.39 Å². The molecule has 0 unspecified atom stereocenters. The Hall–Kier alpha value is -2.40. The first-order chi connectivity index (χ1) is 12.2. The molecule has 0 aliphatic carbocycles. The summed E-state index contributed by atoms with van der Waals surface area (Å²) < 4.78 is 15.2. The number of fused-ring (bicyclic) bond motifs is 1. The highest BCUT2D eigenvalue weighted by Gasteiger charge is 2.23. The Balaban J connectivity index is 1.39. The molecule has 4 rings (SSSR count). The van der Waals surface area contributed by atoms with Gasteiger partial charge < -0.3 is 9.88 Å². The van der Waals surface area contributed by atoms with Gasteiger partial charge in [-0.2, -0.15) is 0 Å². The summed E-state index contributed by atoms with van der Waals surface area (Å²) in [6, 6.07) is 14.9. The van der Waals surface area contributed by atoms with Crippen molar-refractivity contribution in [2.24, 2.45) is 0 Å². The summed E-state index contributed by atoms with van der Waals surface area (Å²) in [7, 11) is 0. The van der Waals surface area contributed by atoms with Crippen LogP contribution in [0.2, 0.25) is 0 Å². The summed E-state index contributed by atoms with van der Waals surface area (Å²) in [5.74, 6) is -0.171. The minimum Gasteiger partial charge on any atom is -0.306 e. The van der Waals surface area contributed by atoms with Gasteiger partial charge in [-0.05, 0) is 49.1 Å². The number of H-pyrrole nitrogens is 1. The van der Waals surface area contributed by atoms with E-state index in [0.717, 1.165) is 55.5 Å². The lowest BCUT2D eigenvalue weighted by Crippen LogP contribution is -2.38. The van der Waals surface area contributed by atoms with Crippen molar-refractivity contribution in [1.82, 2.24) is 14.5 Å². The van der Waals surface area contributed by atoms with Crippen LogP contribution in [0.3, 0.4) is 0 Å². The number of imidazole rings is 1. The van der Waals surface area contributed by atoms with E-state index in [1.54, 1.807) is 12.1 Å². The van der Waals surface area contributed by atoms with Gasteiger partial charge in [0, 0.05) is 25.7 Å². The van der Waals surface area contributed by atoms with Gasteiger partial charge >= 0.3 is 5.69 Å². The highest BCUT2D eigenvalue weighted by molar-refractivity contribution is 5.75. The van der Waals surface area contributed by atoms with Crippen LogP contribution in [-0.4, -0.2) is 34.1 Å². The van der Waals surface area contributed by atoms with Crippen molar-refractivity contribution in [2.45, 2.75) is 25.3 Å². The SMILES string of the molecule is O=c1[nH]c2ccccc2n1C1CCN(CCc2cccc(F)c2)CC1. The Morgan fingerprint density at radius 3 is 2.68 bits per heavy atom. The number of nitrogens with zero attached hydrogens (tertiary/aromatic N) is 2. The number of rotatable bonds is 4. The summed E-state index contributed by atoms with van der Waals surface area (Å²) >= 11 is 0. The van der Waals surface area contributed by atoms with Crippen LogP contribution in [0, 0.1) is 5.82 Å². The number of aromatic amines is 1. The molecular weight excluding hydrogens is 317 g/mol. The number of hydrogen-bond acceptors (Lipinski definition) is 2. The normalized spacial score (nSPS) is 16.5. The van der Waals surface area contributed by atoms with Crippen LogP contribution >= 0.6 is 0 Å². The topological polar surface area (TPSA) is 41.0 Å². The molecule has 4 nitrogen and oxygen atoms in total. The van der Waals surface area contributed by atoms with Gasteiger partial charge in [0.05, 0.1) is 11.0 Å². The van der Waals surface area contributed by atoms with Crippen LogP contribution < -0.4 is 5.69 Å². The predicted octanol–water partition coefficient (Wildman–Crippen LogP) is 3.35. The molecule has 5 heteroatoms. The molecule has 1 N–H and O–H groups in total. The zero-order valence-corrected chi connectivity index (χ0v) is 14.1. The van der Waals surface area contributed by atoms with Crippen LogP contribution in [0.15, 0.2) is 53.3 Å². The Kier molecular flexibility index (Phi) is 4.40. The van der Waals surface area contributed by atoms with Gasteiger partial charge in [-0.3, -0.25) is 4.57 Å². The van der Waals surface area contributed by atoms with Crippen molar-refractivity contribution in [3.05, 3.63) is 70.4 Å². The first kappa shape index (κ1) is 16.1. The molecule has 0 radical (unpaired) electrons. The molecule has 0 spiro atoms. The van der Waals surface area contributed by atoms with Crippen molar-refractivity contribution in [3.8, 4) is 0 Å². The zero-order valence-electron chi connectivity index (χ0n) is 14.1. The van der Waals surface area contributed by atoms with E-state index in [4.69, 9.17) is 0 Å². The van der Waals surface area contributed by atoms with E-state index in [0.29, 0.717) is 0 Å². The minimum absolute atomic E-state index is 0.0144. The number of halogens is 1. The first-order valence-corrected chi connectivity index (χ1v) is 8.87. The number of aromatic nitrogens is 2. The molecule has 130 valence electrons. The average molecular weight is 339 g/mol. The lowest BCUT2D eigenvalue weighted by Gasteiger charge is -2.32. The third-order valence-electron chi connectivity index (χ3n) is 5.15. The van der Waals surface area contributed by atoms with E-state index >= 15 is 0 Å². The van der Waals surface area contributed by atoms with Gasteiger partial charge in [0.25, 0.3) is 0 Å². The summed E-state index contributed by atoms with van der Waals surface area (Å²) in [5, 5.41) is 0. The maximum Gasteiger partial charge on any atom is 0.326 e. The minimum atomic E-state index is -0.171. The molecular formula is C20H22FN3O. The fraction of sp³-hybridized carbons (Fsp3) is 0.350. The standard InChI is InChI=1S/C20H22FN3O/c21-16-5-3-4-15(14-16)8-11-23-12-9-17(10-13-23)24-19-7-2-1-6-18(19)22-20(24)25/h1-7,14,17H,8-13H2,(H,22,25).